The second-order valence-electron chi connectivity index (χ2n) is 3.49. The molecule has 86 valence electrons. The number of nitrogens with zero attached hydrogens (tertiary/aromatic N) is 1. The Morgan fingerprint density at radius 3 is 2.69 bits per heavy atom. The molecule has 0 aliphatic carbocycles. The third-order valence-corrected chi connectivity index (χ3v) is 4.02. The Morgan fingerprint density at radius 2 is 2.12 bits per heavy atom. The number of aromatic nitrogens is 1. The van der Waals surface area contributed by atoms with Crippen LogP contribution in [0.4, 0.5) is 0 Å². The Hall–Kier alpha value is -0.850. The molecule has 0 saturated carbocycles. The van der Waals surface area contributed by atoms with Crippen LogP contribution in [0.25, 0.3) is 10.9 Å². The summed E-state index contributed by atoms with van der Waals surface area (Å²) in [4.78, 5) is 0.134. The Bertz CT molecular complexity index is 646. The monoisotopic (exact) mass is 302 g/mol. The van der Waals surface area contributed by atoms with Crippen LogP contribution in [0.3, 0.4) is 0 Å². The number of nitrogens with two attached hydrogens (primary N) is 1. The van der Waals surface area contributed by atoms with Crippen LogP contribution < -0.4 is 5.14 Å². The van der Waals surface area contributed by atoms with Gasteiger partial charge in [0.25, 0.3) is 0 Å². The molecular formula is C10H11BrN2O2S. The molecule has 1 heterocycles. The largest absolute Gasteiger partial charge is 0.347 e. The first-order valence-corrected chi connectivity index (χ1v) is 7.08. The van der Waals surface area contributed by atoms with Crippen LogP contribution >= 0.6 is 15.9 Å². The van der Waals surface area contributed by atoms with Crippen molar-refractivity contribution in [2.24, 2.45) is 5.14 Å². The van der Waals surface area contributed by atoms with Gasteiger partial charge in [0.15, 0.2) is 0 Å². The number of hydrogen-bond donors (Lipinski definition) is 1. The molecule has 0 spiro atoms. The number of fused-ring (bicyclic) bond motifs is 1. The van der Waals surface area contributed by atoms with E-state index in [1.54, 1.807) is 12.1 Å². The Balaban J connectivity index is 2.77. The second-order valence-corrected chi connectivity index (χ2v) is 5.90. The molecule has 0 saturated heterocycles. The molecular weight excluding hydrogens is 292 g/mol. The molecule has 0 radical (unpaired) electrons. The van der Waals surface area contributed by atoms with Crippen molar-refractivity contribution < 1.29 is 8.42 Å². The van der Waals surface area contributed by atoms with Gasteiger partial charge in [-0.1, -0.05) is 0 Å². The van der Waals surface area contributed by atoms with E-state index in [0.29, 0.717) is 0 Å². The van der Waals surface area contributed by atoms with Gasteiger partial charge in [-0.2, -0.15) is 0 Å². The number of primary sulfonamides is 1. The molecule has 4 nitrogen and oxygen atoms in total. The smallest absolute Gasteiger partial charge is 0.238 e. The molecule has 2 aromatic rings. The van der Waals surface area contributed by atoms with Gasteiger partial charge < -0.3 is 4.57 Å². The zero-order chi connectivity index (χ0) is 11.9. The molecule has 1 aromatic heterocycles. The zero-order valence-electron chi connectivity index (χ0n) is 8.64. The van der Waals surface area contributed by atoms with Crippen LogP contribution in [0.1, 0.15) is 6.92 Å². The van der Waals surface area contributed by atoms with Crippen molar-refractivity contribution in [3.8, 4) is 0 Å². The van der Waals surface area contributed by atoms with Crippen molar-refractivity contribution in [1.82, 2.24) is 4.57 Å². The summed E-state index contributed by atoms with van der Waals surface area (Å²) in [6.45, 7) is 2.86. The molecule has 2 rings (SSSR count). The maximum atomic E-state index is 11.2. The fourth-order valence-corrected chi connectivity index (χ4v) is 2.78. The van der Waals surface area contributed by atoms with Gasteiger partial charge in [0.05, 0.1) is 4.90 Å². The quantitative estimate of drug-likeness (QED) is 0.923. The molecule has 0 atom stereocenters. The maximum Gasteiger partial charge on any atom is 0.238 e. The van der Waals surface area contributed by atoms with E-state index in [-0.39, 0.29) is 4.90 Å². The third kappa shape index (κ3) is 1.88. The molecule has 0 aliphatic rings. The lowest BCUT2D eigenvalue weighted by molar-refractivity contribution is 0.598. The fraction of sp³-hybridized carbons (Fsp3) is 0.200. The van der Waals surface area contributed by atoms with E-state index < -0.39 is 10.0 Å². The molecule has 0 aliphatic heterocycles. The maximum absolute atomic E-state index is 11.2. The van der Waals surface area contributed by atoms with Crippen LogP contribution in [0, 0.1) is 0 Å². The van der Waals surface area contributed by atoms with Gasteiger partial charge in [-0.15, -0.1) is 0 Å². The molecule has 1 aromatic carbocycles. The minimum Gasteiger partial charge on any atom is -0.347 e. The fourth-order valence-electron chi connectivity index (χ4n) is 1.67. The van der Waals surface area contributed by atoms with Gasteiger partial charge in [0.2, 0.25) is 10.0 Å². The van der Waals surface area contributed by atoms with E-state index in [1.807, 2.05) is 17.7 Å². The minimum absolute atomic E-state index is 0.134. The number of sulfonamides is 1. The predicted octanol–water partition coefficient (Wildman–Crippen LogP) is 2.07. The minimum atomic E-state index is -3.64. The van der Waals surface area contributed by atoms with Gasteiger partial charge in [0.1, 0.15) is 0 Å². The SMILES string of the molecule is CCn1cc(Br)c2cc(S(N)(=O)=O)ccc21. The van der Waals surface area contributed by atoms with Crippen molar-refractivity contribution in [3.63, 3.8) is 0 Å². The zero-order valence-corrected chi connectivity index (χ0v) is 11.0. The van der Waals surface area contributed by atoms with Crippen LogP contribution in [0.15, 0.2) is 33.8 Å². The van der Waals surface area contributed by atoms with Crippen molar-refractivity contribution >= 4 is 36.9 Å². The Labute approximate surface area is 102 Å². The predicted molar refractivity (Wildman–Crippen MR) is 66.7 cm³/mol. The molecule has 0 unspecified atom stereocenters. The lowest BCUT2D eigenvalue weighted by Gasteiger charge is -2.01. The molecule has 6 heteroatoms. The lowest BCUT2D eigenvalue weighted by atomic mass is 10.2. The normalized spacial score (nSPS) is 12.2. The summed E-state index contributed by atoms with van der Waals surface area (Å²) >= 11 is 3.40. The van der Waals surface area contributed by atoms with Crippen molar-refractivity contribution in [3.05, 3.63) is 28.9 Å². The summed E-state index contributed by atoms with van der Waals surface area (Å²) in [6, 6.07) is 4.88. The molecule has 16 heavy (non-hydrogen) atoms. The van der Waals surface area contributed by atoms with Gasteiger partial charge in [-0.25, -0.2) is 13.6 Å². The van der Waals surface area contributed by atoms with E-state index in [9.17, 15) is 8.42 Å². The highest BCUT2D eigenvalue weighted by molar-refractivity contribution is 9.10. The highest BCUT2D eigenvalue weighted by Crippen LogP contribution is 2.28. The van der Waals surface area contributed by atoms with Crippen molar-refractivity contribution in [2.45, 2.75) is 18.4 Å². The number of halogens is 1. The van der Waals surface area contributed by atoms with E-state index in [4.69, 9.17) is 5.14 Å². The second kappa shape index (κ2) is 3.87. The summed E-state index contributed by atoms with van der Waals surface area (Å²) in [6.07, 6.45) is 1.93. The number of rotatable bonds is 2. The average Bonchev–Trinajstić information content (AvgIpc) is 2.54. The standard InChI is InChI=1S/C10H11BrN2O2S/c1-2-13-6-9(11)8-5-7(16(12,14)15)3-4-10(8)13/h3-6H,2H2,1H3,(H2,12,14,15). The van der Waals surface area contributed by atoms with Crippen LogP contribution in [-0.4, -0.2) is 13.0 Å². The first kappa shape index (κ1) is 11.6. The van der Waals surface area contributed by atoms with Gasteiger partial charge in [-0.3, -0.25) is 0 Å². The van der Waals surface area contributed by atoms with E-state index >= 15 is 0 Å². The van der Waals surface area contributed by atoms with Crippen LogP contribution in [0.5, 0.6) is 0 Å². The van der Waals surface area contributed by atoms with Gasteiger partial charge in [0, 0.05) is 28.1 Å². The summed E-state index contributed by atoms with van der Waals surface area (Å²) in [5.74, 6) is 0. The van der Waals surface area contributed by atoms with E-state index in [2.05, 4.69) is 15.9 Å². The molecule has 2 N–H and O–H groups in total. The Kier molecular flexibility index (Phi) is 2.81. The van der Waals surface area contributed by atoms with Crippen molar-refractivity contribution in [2.75, 3.05) is 0 Å². The number of aryl methyl sites for hydroxylation is 1. The first-order chi connectivity index (χ1) is 7.43. The molecule has 0 amide bonds. The topological polar surface area (TPSA) is 65.1 Å². The lowest BCUT2D eigenvalue weighted by Crippen LogP contribution is -2.11. The van der Waals surface area contributed by atoms with Crippen LogP contribution in [0.2, 0.25) is 0 Å². The van der Waals surface area contributed by atoms with Gasteiger partial charge >= 0.3 is 0 Å². The summed E-state index contributed by atoms with van der Waals surface area (Å²) < 4.78 is 25.3. The number of benzene rings is 1. The highest BCUT2D eigenvalue weighted by atomic mass is 79.9. The third-order valence-electron chi connectivity index (χ3n) is 2.47. The molecule has 0 fully saturated rings. The summed E-state index contributed by atoms with van der Waals surface area (Å²) in [7, 11) is -3.64. The summed E-state index contributed by atoms with van der Waals surface area (Å²) in [5.41, 5.74) is 0.988. The van der Waals surface area contributed by atoms with Crippen LogP contribution in [-0.2, 0) is 16.6 Å². The van der Waals surface area contributed by atoms with E-state index in [1.165, 1.54) is 6.07 Å². The van der Waals surface area contributed by atoms with Gasteiger partial charge in [-0.05, 0) is 41.1 Å². The molecule has 0 bridgehead atoms. The average molecular weight is 303 g/mol. The van der Waals surface area contributed by atoms with Crippen molar-refractivity contribution in [1.29, 1.82) is 0 Å². The summed E-state index contributed by atoms with van der Waals surface area (Å²) in [5, 5.41) is 5.94. The Morgan fingerprint density at radius 1 is 1.44 bits per heavy atom. The first-order valence-electron chi connectivity index (χ1n) is 4.74. The highest BCUT2D eigenvalue weighted by Gasteiger charge is 2.11. The number of hydrogen-bond acceptors (Lipinski definition) is 2. The van der Waals surface area contributed by atoms with E-state index in [0.717, 1.165) is 21.9 Å².